The van der Waals surface area contributed by atoms with Crippen molar-refractivity contribution in [1.82, 2.24) is 15.0 Å². The quantitative estimate of drug-likeness (QED) is 0.783. The molecule has 6 nitrogen and oxygen atoms in total. The van der Waals surface area contributed by atoms with Gasteiger partial charge in [0, 0.05) is 18.7 Å². The number of hydrogen-bond acceptors (Lipinski definition) is 4. The number of carbonyl (C=O) groups is 1. The highest BCUT2D eigenvalue weighted by molar-refractivity contribution is 7.88. The number of sulfonamides is 1. The van der Waals surface area contributed by atoms with Crippen LogP contribution < -0.4 is 10.0 Å². The lowest BCUT2D eigenvalue weighted by Crippen LogP contribution is -2.33. The third-order valence-corrected chi connectivity index (χ3v) is 4.08. The molecular formula is C14H21N3O3S. The molecule has 2 N–H and O–H groups in total. The number of amides is 1. The summed E-state index contributed by atoms with van der Waals surface area (Å²) in [6.45, 7) is 2.04. The van der Waals surface area contributed by atoms with Crippen molar-refractivity contribution in [2.75, 3.05) is 12.8 Å². The van der Waals surface area contributed by atoms with E-state index in [1.165, 1.54) is 0 Å². The Morgan fingerprint density at radius 3 is 2.71 bits per heavy atom. The van der Waals surface area contributed by atoms with Crippen LogP contribution in [0.2, 0.25) is 0 Å². The number of aromatic nitrogens is 1. The second-order valence-electron chi connectivity index (χ2n) is 5.50. The van der Waals surface area contributed by atoms with E-state index in [2.05, 4.69) is 15.0 Å². The zero-order valence-corrected chi connectivity index (χ0v) is 13.1. The second-order valence-corrected chi connectivity index (χ2v) is 7.34. The normalized spacial score (nSPS) is 16.5. The van der Waals surface area contributed by atoms with Gasteiger partial charge >= 0.3 is 0 Å². The van der Waals surface area contributed by atoms with Crippen LogP contribution in [0.5, 0.6) is 0 Å². The molecule has 1 heterocycles. The van der Waals surface area contributed by atoms with Gasteiger partial charge in [-0.15, -0.1) is 0 Å². The van der Waals surface area contributed by atoms with Crippen LogP contribution in [0.15, 0.2) is 18.2 Å². The summed E-state index contributed by atoms with van der Waals surface area (Å²) in [5.41, 5.74) is 1.80. The summed E-state index contributed by atoms with van der Waals surface area (Å²) in [4.78, 5) is 16.4. The summed E-state index contributed by atoms with van der Waals surface area (Å²) in [5.74, 6) is 0.275. The summed E-state index contributed by atoms with van der Waals surface area (Å²) in [6.07, 6.45) is 3.38. The molecule has 0 spiro atoms. The minimum absolute atomic E-state index is 0.0735. The second kappa shape index (κ2) is 6.53. The van der Waals surface area contributed by atoms with Crippen molar-refractivity contribution in [2.24, 2.45) is 5.92 Å². The van der Waals surface area contributed by atoms with E-state index in [1.807, 2.05) is 25.1 Å². The molecule has 0 radical (unpaired) electrons. The van der Waals surface area contributed by atoms with E-state index >= 15 is 0 Å². The Morgan fingerprint density at radius 1 is 1.43 bits per heavy atom. The molecular weight excluding hydrogens is 290 g/mol. The molecule has 1 aromatic heterocycles. The summed E-state index contributed by atoms with van der Waals surface area (Å²) in [7, 11) is -3.25. The van der Waals surface area contributed by atoms with E-state index in [1.54, 1.807) is 0 Å². The van der Waals surface area contributed by atoms with Crippen LogP contribution in [0.1, 0.15) is 36.7 Å². The predicted octanol–water partition coefficient (Wildman–Crippen LogP) is 0.897. The van der Waals surface area contributed by atoms with Crippen LogP contribution in [-0.4, -0.2) is 32.1 Å². The maximum atomic E-state index is 12.0. The van der Waals surface area contributed by atoms with E-state index in [0.29, 0.717) is 5.92 Å². The van der Waals surface area contributed by atoms with Gasteiger partial charge in [0.2, 0.25) is 15.9 Å². The number of rotatable bonds is 7. The minimum atomic E-state index is -3.25. The monoisotopic (exact) mass is 311 g/mol. The first kappa shape index (κ1) is 15.9. The Labute approximate surface area is 125 Å². The molecule has 1 fully saturated rings. The van der Waals surface area contributed by atoms with Crippen molar-refractivity contribution in [1.29, 1.82) is 0 Å². The van der Waals surface area contributed by atoms with Gasteiger partial charge in [-0.05, 0) is 37.8 Å². The van der Waals surface area contributed by atoms with E-state index < -0.39 is 10.0 Å². The molecule has 116 valence electrons. The molecule has 1 atom stereocenters. The minimum Gasteiger partial charge on any atom is -0.347 e. The number of nitrogens with one attached hydrogen (secondary N) is 2. The molecule has 0 saturated heterocycles. The van der Waals surface area contributed by atoms with Gasteiger partial charge in [-0.1, -0.05) is 6.07 Å². The molecule has 21 heavy (non-hydrogen) atoms. The van der Waals surface area contributed by atoms with Crippen LogP contribution in [0, 0.1) is 12.8 Å². The standard InChI is InChI=1S/C14H21N3O3S/c1-10-4-3-5-12(16-10)14(11-6-7-11)17-13(18)8-9-15-21(2,19)20/h3-5,11,14-15H,6-9H2,1-2H3,(H,17,18). The highest BCUT2D eigenvalue weighted by Gasteiger charge is 2.34. The Morgan fingerprint density at radius 2 is 2.14 bits per heavy atom. The third kappa shape index (κ3) is 5.43. The Kier molecular flexibility index (Phi) is 4.95. The Bertz CT molecular complexity index is 612. The van der Waals surface area contributed by atoms with Crippen LogP contribution >= 0.6 is 0 Å². The first-order valence-corrected chi connectivity index (χ1v) is 8.92. The van der Waals surface area contributed by atoms with Crippen LogP contribution in [-0.2, 0) is 14.8 Å². The number of carbonyl (C=O) groups excluding carboxylic acids is 1. The lowest BCUT2D eigenvalue weighted by Gasteiger charge is -2.18. The van der Waals surface area contributed by atoms with Gasteiger partial charge in [-0.25, -0.2) is 13.1 Å². The highest BCUT2D eigenvalue weighted by Crippen LogP contribution is 2.40. The highest BCUT2D eigenvalue weighted by atomic mass is 32.2. The van der Waals surface area contributed by atoms with Crippen LogP contribution in [0.25, 0.3) is 0 Å². The molecule has 7 heteroatoms. The van der Waals surface area contributed by atoms with Crippen molar-refractivity contribution in [2.45, 2.75) is 32.2 Å². The van der Waals surface area contributed by atoms with Crippen molar-refractivity contribution in [3.63, 3.8) is 0 Å². The smallest absolute Gasteiger partial charge is 0.221 e. The molecule has 1 amide bonds. The fourth-order valence-electron chi connectivity index (χ4n) is 2.20. The van der Waals surface area contributed by atoms with E-state index in [4.69, 9.17) is 0 Å². The average Bonchev–Trinajstić information content (AvgIpc) is 3.18. The summed E-state index contributed by atoms with van der Waals surface area (Å²) < 4.78 is 24.2. The SMILES string of the molecule is Cc1cccc(C(NC(=O)CCNS(C)(=O)=O)C2CC2)n1. The van der Waals surface area contributed by atoms with Crippen LogP contribution in [0.4, 0.5) is 0 Å². The molecule has 0 aliphatic heterocycles. The first-order valence-electron chi connectivity index (χ1n) is 7.03. The van der Waals surface area contributed by atoms with E-state index in [9.17, 15) is 13.2 Å². The Balaban J connectivity index is 1.93. The number of hydrogen-bond donors (Lipinski definition) is 2. The number of pyridine rings is 1. The zero-order valence-electron chi connectivity index (χ0n) is 12.3. The molecule has 0 aromatic carbocycles. The number of aryl methyl sites for hydroxylation is 1. The van der Waals surface area contributed by atoms with Crippen LogP contribution in [0.3, 0.4) is 0 Å². The van der Waals surface area contributed by atoms with Crippen molar-refractivity contribution >= 4 is 15.9 Å². The Hall–Kier alpha value is -1.47. The van der Waals surface area contributed by atoms with Gasteiger partial charge in [0.05, 0.1) is 18.0 Å². The van der Waals surface area contributed by atoms with Crippen molar-refractivity contribution in [3.05, 3.63) is 29.6 Å². The number of nitrogens with zero attached hydrogens (tertiary/aromatic N) is 1. The molecule has 0 bridgehead atoms. The van der Waals surface area contributed by atoms with Gasteiger partial charge in [-0.3, -0.25) is 9.78 Å². The first-order chi connectivity index (χ1) is 9.85. The fraction of sp³-hybridized carbons (Fsp3) is 0.571. The van der Waals surface area contributed by atoms with Gasteiger partial charge in [0.1, 0.15) is 0 Å². The summed E-state index contributed by atoms with van der Waals surface area (Å²) in [6, 6.07) is 5.71. The average molecular weight is 311 g/mol. The van der Waals surface area contributed by atoms with Crippen molar-refractivity contribution in [3.8, 4) is 0 Å². The van der Waals surface area contributed by atoms with Gasteiger partial charge < -0.3 is 5.32 Å². The lowest BCUT2D eigenvalue weighted by molar-refractivity contribution is -0.121. The topological polar surface area (TPSA) is 88.2 Å². The summed E-state index contributed by atoms with van der Waals surface area (Å²) >= 11 is 0. The van der Waals surface area contributed by atoms with Gasteiger partial charge in [0.15, 0.2) is 0 Å². The largest absolute Gasteiger partial charge is 0.347 e. The van der Waals surface area contributed by atoms with Gasteiger partial charge in [0.25, 0.3) is 0 Å². The molecule has 1 aromatic rings. The van der Waals surface area contributed by atoms with Gasteiger partial charge in [-0.2, -0.15) is 0 Å². The fourth-order valence-corrected chi connectivity index (χ4v) is 2.67. The molecule has 1 aliphatic rings. The van der Waals surface area contributed by atoms with E-state index in [-0.39, 0.29) is 24.9 Å². The maximum Gasteiger partial charge on any atom is 0.221 e. The van der Waals surface area contributed by atoms with Crippen molar-refractivity contribution < 1.29 is 13.2 Å². The summed E-state index contributed by atoms with van der Waals surface area (Å²) in [5, 5.41) is 2.97. The third-order valence-electron chi connectivity index (χ3n) is 3.35. The molecule has 1 aliphatic carbocycles. The molecule has 2 rings (SSSR count). The molecule has 1 unspecified atom stereocenters. The maximum absolute atomic E-state index is 12.0. The molecule has 1 saturated carbocycles. The lowest BCUT2D eigenvalue weighted by atomic mass is 10.1. The predicted molar refractivity (Wildman–Crippen MR) is 80.0 cm³/mol. The van der Waals surface area contributed by atoms with E-state index in [0.717, 1.165) is 30.5 Å². The zero-order chi connectivity index (χ0) is 15.5.